The van der Waals surface area contributed by atoms with Gasteiger partial charge in [0.25, 0.3) is 0 Å². The zero-order valence-corrected chi connectivity index (χ0v) is 10.0. The summed E-state index contributed by atoms with van der Waals surface area (Å²) in [4.78, 5) is 21.2. The van der Waals surface area contributed by atoms with Gasteiger partial charge < -0.3 is 9.47 Å². The molecule has 2 unspecified atom stereocenters. The van der Waals surface area contributed by atoms with Crippen molar-refractivity contribution in [3.63, 3.8) is 0 Å². The highest BCUT2D eigenvalue weighted by Gasteiger charge is 2.21. The van der Waals surface area contributed by atoms with E-state index in [2.05, 4.69) is 20.7 Å². The van der Waals surface area contributed by atoms with E-state index >= 15 is 0 Å². The van der Waals surface area contributed by atoms with Gasteiger partial charge >= 0.3 is 12.4 Å². The van der Waals surface area contributed by atoms with Crippen molar-refractivity contribution in [2.75, 3.05) is 12.5 Å². The Bertz CT molecular complexity index is 186. The van der Waals surface area contributed by atoms with Crippen LogP contribution in [0, 0.1) is 0 Å². The number of hydrogen-bond acceptors (Lipinski definition) is 4. The standard InChI is InChI=1S/C8H11BrClO4/c1-6(9)4-13-8(12)7(2-3-10)14-5-11/h6-7H,2-4H2,1H3. The minimum Gasteiger partial charge on any atom is -0.462 e. The maximum atomic E-state index is 11.2. The molecule has 0 amide bonds. The van der Waals surface area contributed by atoms with Gasteiger partial charge in [0.2, 0.25) is 6.10 Å². The normalized spacial score (nSPS) is 14.2. The molecule has 0 rings (SSSR count). The molecule has 0 aromatic rings. The molecule has 0 aliphatic carbocycles. The van der Waals surface area contributed by atoms with E-state index in [1.165, 1.54) is 6.47 Å². The molecule has 0 N–H and O–H groups in total. The summed E-state index contributed by atoms with van der Waals surface area (Å²) in [6, 6.07) is 0. The van der Waals surface area contributed by atoms with Crippen LogP contribution < -0.4 is 0 Å². The lowest BCUT2D eigenvalue weighted by Crippen LogP contribution is -2.28. The molecule has 4 nitrogen and oxygen atoms in total. The molecule has 0 aromatic carbocycles. The molecule has 0 aromatic heterocycles. The number of halogens is 2. The fourth-order valence-corrected chi connectivity index (χ4v) is 1.00. The molecule has 14 heavy (non-hydrogen) atoms. The summed E-state index contributed by atoms with van der Waals surface area (Å²) in [5.74, 6) is -0.383. The number of hydrogen-bond donors (Lipinski definition) is 0. The molecule has 0 aliphatic rings. The van der Waals surface area contributed by atoms with Crippen molar-refractivity contribution < 1.29 is 19.1 Å². The van der Waals surface area contributed by atoms with E-state index in [1.807, 2.05) is 6.92 Å². The molecule has 0 fully saturated rings. The molecule has 0 heterocycles. The highest BCUT2D eigenvalue weighted by atomic mass is 79.9. The Morgan fingerprint density at radius 1 is 1.64 bits per heavy atom. The largest absolute Gasteiger partial charge is 0.462 e. The molecule has 2 atom stereocenters. The summed E-state index contributed by atoms with van der Waals surface area (Å²) >= 11 is 8.62. The third-order valence-electron chi connectivity index (χ3n) is 1.28. The van der Waals surface area contributed by atoms with E-state index in [0.717, 1.165) is 0 Å². The first kappa shape index (κ1) is 13.7. The summed E-state index contributed by atoms with van der Waals surface area (Å²) in [5, 5.41) is 0. The van der Waals surface area contributed by atoms with E-state index in [-0.39, 0.29) is 23.7 Å². The highest BCUT2D eigenvalue weighted by molar-refractivity contribution is 9.09. The smallest absolute Gasteiger partial charge is 0.418 e. The molecule has 81 valence electrons. The topological polar surface area (TPSA) is 52.6 Å². The van der Waals surface area contributed by atoms with Gasteiger partial charge in [-0.3, -0.25) is 0 Å². The van der Waals surface area contributed by atoms with Crippen molar-refractivity contribution >= 4 is 40.0 Å². The predicted molar refractivity (Wildman–Crippen MR) is 55.3 cm³/mol. The van der Waals surface area contributed by atoms with E-state index in [4.69, 9.17) is 16.3 Å². The number of carbonyl (C=O) groups excluding carboxylic acids is 2. The second-order valence-corrected chi connectivity index (χ2v) is 4.52. The first-order valence-corrected chi connectivity index (χ1v) is 5.46. The van der Waals surface area contributed by atoms with Crippen LogP contribution in [0.4, 0.5) is 0 Å². The average molecular weight is 287 g/mol. The first-order chi connectivity index (χ1) is 6.61. The van der Waals surface area contributed by atoms with Crippen molar-refractivity contribution in [2.24, 2.45) is 0 Å². The number of rotatable bonds is 7. The molecule has 0 spiro atoms. The molecule has 0 aliphatic heterocycles. The van der Waals surface area contributed by atoms with Crippen LogP contribution >= 0.6 is 27.5 Å². The fourth-order valence-electron chi connectivity index (χ4n) is 0.672. The van der Waals surface area contributed by atoms with Crippen molar-refractivity contribution in [1.29, 1.82) is 0 Å². The lowest BCUT2D eigenvalue weighted by Gasteiger charge is -2.12. The SMILES string of the molecule is CC(Br)COC(=O)C(CCCl)O[C]=O. The number of esters is 1. The Hall–Kier alpha value is -0.290. The van der Waals surface area contributed by atoms with Crippen LogP contribution in [0.5, 0.6) is 0 Å². The fraction of sp³-hybridized carbons (Fsp3) is 0.750. The number of alkyl halides is 2. The Balaban J connectivity index is 3.94. The third-order valence-corrected chi connectivity index (χ3v) is 1.76. The molecular weight excluding hydrogens is 275 g/mol. The van der Waals surface area contributed by atoms with Crippen molar-refractivity contribution in [1.82, 2.24) is 0 Å². The van der Waals surface area contributed by atoms with Gasteiger partial charge in [0, 0.05) is 17.1 Å². The monoisotopic (exact) mass is 285 g/mol. The predicted octanol–water partition coefficient (Wildman–Crippen LogP) is 1.39. The Morgan fingerprint density at radius 2 is 2.29 bits per heavy atom. The summed E-state index contributed by atoms with van der Waals surface area (Å²) < 4.78 is 9.22. The minimum atomic E-state index is -0.948. The molecule has 1 radical (unpaired) electrons. The molecule has 0 saturated heterocycles. The average Bonchev–Trinajstić information content (AvgIpc) is 2.14. The molecule has 6 heteroatoms. The van der Waals surface area contributed by atoms with Gasteiger partial charge in [-0.05, 0) is 6.92 Å². The lowest BCUT2D eigenvalue weighted by molar-refractivity contribution is -0.152. The Kier molecular flexibility index (Phi) is 7.89. The van der Waals surface area contributed by atoms with Crippen LogP contribution in [0.15, 0.2) is 0 Å². The second kappa shape index (κ2) is 8.05. The van der Waals surface area contributed by atoms with Crippen LogP contribution in [0.3, 0.4) is 0 Å². The van der Waals surface area contributed by atoms with Crippen molar-refractivity contribution in [3.05, 3.63) is 0 Å². The van der Waals surface area contributed by atoms with Gasteiger partial charge in [-0.25, -0.2) is 9.59 Å². The zero-order chi connectivity index (χ0) is 11.0. The summed E-state index contributed by atoms with van der Waals surface area (Å²) in [6.07, 6.45) is -0.719. The van der Waals surface area contributed by atoms with Crippen LogP contribution in [0.2, 0.25) is 0 Å². The maximum absolute atomic E-state index is 11.2. The van der Waals surface area contributed by atoms with E-state index in [9.17, 15) is 9.59 Å². The minimum absolute atomic E-state index is 0.0586. The summed E-state index contributed by atoms with van der Waals surface area (Å²) in [7, 11) is 0. The van der Waals surface area contributed by atoms with Crippen LogP contribution in [-0.4, -0.2) is 35.9 Å². The lowest BCUT2D eigenvalue weighted by atomic mass is 10.3. The quantitative estimate of drug-likeness (QED) is 0.524. The molecule has 0 bridgehead atoms. The third kappa shape index (κ3) is 6.21. The summed E-state index contributed by atoms with van der Waals surface area (Å²) in [5.41, 5.74) is 0. The van der Waals surface area contributed by atoms with Gasteiger partial charge in [0.05, 0.1) is 0 Å². The maximum Gasteiger partial charge on any atom is 0.418 e. The molecular formula is C8H11BrClO4. The zero-order valence-electron chi connectivity index (χ0n) is 7.66. The first-order valence-electron chi connectivity index (χ1n) is 4.01. The highest BCUT2D eigenvalue weighted by Crippen LogP contribution is 2.04. The van der Waals surface area contributed by atoms with Gasteiger partial charge in [-0.2, -0.15) is 0 Å². The van der Waals surface area contributed by atoms with Crippen molar-refractivity contribution in [3.8, 4) is 0 Å². The summed E-state index contributed by atoms with van der Waals surface area (Å²) in [6.45, 7) is 3.25. The van der Waals surface area contributed by atoms with Gasteiger partial charge in [-0.1, -0.05) is 15.9 Å². The van der Waals surface area contributed by atoms with Gasteiger partial charge in [0.15, 0.2) is 0 Å². The van der Waals surface area contributed by atoms with Crippen LogP contribution in [0.25, 0.3) is 0 Å². The number of ether oxygens (including phenoxy) is 2. The second-order valence-electron chi connectivity index (χ2n) is 2.58. The van der Waals surface area contributed by atoms with Crippen LogP contribution in [-0.2, 0) is 19.1 Å². The van der Waals surface area contributed by atoms with Crippen molar-refractivity contribution in [2.45, 2.75) is 24.3 Å². The van der Waals surface area contributed by atoms with E-state index < -0.39 is 12.1 Å². The number of carbonyl (C=O) groups is 1. The van der Waals surface area contributed by atoms with E-state index in [1.54, 1.807) is 0 Å². The Labute approximate surface area is 96.0 Å². The Morgan fingerprint density at radius 3 is 2.71 bits per heavy atom. The van der Waals surface area contributed by atoms with E-state index in [0.29, 0.717) is 0 Å². The van der Waals surface area contributed by atoms with Crippen LogP contribution in [0.1, 0.15) is 13.3 Å². The van der Waals surface area contributed by atoms with Gasteiger partial charge in [-0.15, -0.1) is 11.6 Å². The van der Waals surface area contributed by atoms with Gasteiger partial charge in [0.1, 0.15) is 6.61 Å². The molecule has 0 saturated carbocycles.